The maximum atomic E-state index is 11.8. The molecule has 0 spiro atoms. The van der Waals surface area contributed by atoms with Gasteiger partial charge in [-0.05, 0) is 18.6 Å². The zero-order valence-corrected chi connectivity index (χ0v) is 10.5. The summed E-state index contributed by atoms with van der Waals surface area (Å²) in [4.78, 5) is 11.8. The van der Waals surface area contributed by atoms with Gasteiger partial charge in [-0.3, -0.25) is 0 Å². The van der Waals surface area contributed by atoms with E-state index in [9.17, 15) is 4.79 Å². The molecule has 0 unspecified atom stereocenters. The van der Waals surface area contributed by atoms with Crippen LogP contribution in [0, 0.1) is 0 Å². The Hall–Kier alpha value is -1.91. The standard InChI is InChI=1S/C13H17N3O2/c1-2-3-4-7-10-18-13(17)16-12-9-6-5-8-11(12)14-15-16/h5-6,8-9H,2-4,7,10H2,1H3. The molecule has 1 aromatic carbocycles. The summed E-state index contributed by atoms with van der Waals surface area (Å²) in [7, 11) is 0. The molecule has 0 aliphatic rings. The molecule has 0 amide bonds. The molecular weight excluding hydrogens is 230 g/mol. The maximum Gasteiger partial charge on any atom is 0.436 e. The van der Waals surface area contributed by atoms with Gasteiger partial charge >= 0.3 is 6.09 Å². The topological polar surface area (TPSA) is 57.0 Å². The van der Waals surface area contributed by atoms with Crippen molar-refractivity contribution in [1.29, 1.82) is 0 Å². The van der Waals surface area contributed by atoms with E-state index < -0.39 is 6.09 Å². The molecule has 1 aromatic heterocycles. The zero-order chi connectivity index (χ0) is 12.8. The number of carbonyl (C=O) groups is 1. The summed E-state index contributed by atoms with van der Waals surface area (Å²) >= 11 is 0. The van der Waals surface area contributed by atoms with Crippen molar-refractivity contribution in [2.75, 3.05) is 6.61 Å². The van der Waals surface area contributed by atoms with Crippen molar-refractivity contribution in [3.05, 3.63) is 24.3 Å². The second-order valence-corrected chi connectivity index (χ2v) is 4.16. The van der Waals surface area contributed by atoms with Gasteiger partial charge in [-0.15, -0.1) is 9.78 Å². The maximum absolute atomic E-state index is 11.8. The van der Waals surface area contributed by atoms with E-state index in [2.05, 4.69) is 17.2 Å². The first-order chi connectivity index (χ1) is 8.83. The second kappa shape index (κ2) is 6.14. The summed E-state index contributed by atoms with van der Waals surface area (Å²) in [6, 6.07) is 7.31. The molecule has 0 radical (unpaired) electrons. The van der Waals surface area contributed by atoms with Gasteiger partial charge in [0.25, 0.3) is 0 Å². The fourth-order valence-electron chi connectivity index (χ4n) is 1.75. The van der Waals surface area contributed by atoms with Crippen LogP contribution in [-0.4, -0.2) is 27.7 Å². The molecule has 2 aromatic rings. The van der Waals surface area contributed by atoms with Gasteiger partial charge in [-0.1, -0.05) is 43.5 Å². The van der Waals surface area contributed by atoms with Crippen LogP contribution in [0.4, 0.5) is 4.79 Å². The van der Waals surface area contributed by atoms with Crippen LogP contribution in [0.25, 0.3) is 11.0 Å². The number of unbranched alkanes of at least 4 members (excludes halogenated alkanes) is 3. The van der Waals surface area contributed by atoms with Crippen LogP contribution in [0.2, 0.25) is 0 Å². The predicted octanol–water partition coefficient (Wildman–Crippen LogP) is 3.00. The third kappa shape index (κ3) is 2.85. The quantitative estimate of drug-likeness (QED) is 0.762. The minimum absolute atomic E-state index is 0.438. The van der Waals surface area contributed by atoms with Crippen molar-refractivity contribution >= 4 is 17.1 Å². The third-order valence-electron chi connectivity index (χ3n) is 2.75. The molecular formula is C13H17N3O2. The Bertz CT molecular complexity index is 522. The molecule has 18 heavy (non-hydrogen) atoms. The Morgan fingerprint density at radius 3 is 2.94 bits per heavy atom. The van der Waals surface area contributed by atoms with Gasteiger partial charge in [0, 0.05) is 0 Å². The number of fused-ring (bicyclic) bond motifs is 1. The van der Waals surface area contributed by atoms with Crippen molar-refractivity contribution in [2.24, 2.45) is 0 Å². The molecule has 0 N–H and O–H groups in total. The molecule has 0 aliphatic heterocycles. The highest BCUT2D eigenvalue weighted by Gasteiger charge is 2.11. The van der Waals surface area contributed by atoms with Crippen molar-refractivity contribution in [2.45, 2.75) is 32.6 Å². The number of hydrogen-bond acceptors (Lipinski definition) is 4. The molecule has 0 atom stereocenters. The summed E-state index contributed by atoms with van der Waals surface area (Å²) in [6.07, 6.45) is 3.86. The Labute approximate surface area is 106 Å². The van der Waals surface area contributed by atoms with E-state index in [-0.39, 0.29) is 0 Å². The number of rotatable bonds is 5. The third-order valence-corrected chi connectivity index (χ3v) is 2.75. The van der Waals surface area contributed by atoms with Crippen molar-refractivity contribution in [3.8, 4) is 0 Å². The fraction of sp³-hybridized carbons (Fsp3) is 0.462. The molecule has 5 nitrogen and oxygen atoms in total. The van der Waals surface area contributed by atoms with Crippen molar-refractivity contribution in [3.63, 3.8) is 0 Å². The average Bonchev–Trinajstić information content (AvgIpc) is 2.82. The lowest BCUT2D eigenvalue weighted by Crippen LogP contribution is -2.15. The van der Waals surface area contributed by atoms with E-state index in [1.54, 1.807) is 6.07 Å². The number of hydrogen-bond donors (Lipinski definition) is 0. The molecule has 5 heteroatoms. The number of carbonyl (C=O) groups excluding carboxylic acids is 1. The normalized spacial score (nSPS) is 10.7. The van der Waals surface area contributed by atoms with Gasteiger partial charge in [-0.2, -0.15) is 0 Å². The summed E-state index contributed by atoms with van der Waals surface area (Å²) in [6.45, 7) is 2.58. The first-order valence-corrected chi connectivity index (χ1v) is 6.30. The summed E-state index contributed by atoms with van der Waals surface area (Å²) in [5.74, 6) is 0. The van der Waals surface area contributed by atoms with E-state index >= 15 is 0 Å². The Kier molecular flexibility index (Phi) is 4.28. The molecule has 0 saturated carbocycles. The van der Waals surface area contributed by atoms with E-state index in [4.69, 9.17) is 4.74 Å². The minimum atomic E-state index is -0.458. The highest BCUT2D eigenvalue weighted by molar-refractivity contribution is 5.84. The minimum Gasteiger partial charge on any atom is -0.448 e. The van der Waals surface area contributed by atoms with Crippen LogP contribution < -0.4 is 0 Å². The molecule has 0 saturated heterocycles. The molecule has 0 bridgehead atoms. The van der Waals surface area contributed by atoms with E-state index in [1.807, 2.05) is 18.2 Å². The number of benzene rings is 1. The Morgan fingerprint density at radius 2 is 2.11 bits per heavy atom. The zero-order valence-electron chi connectivity index (χ0n) is 10.5. The molecule has 2 rings (SSSR count). The molecule has 0 fully saturated rings. The highest BCUT2D eigenvalue weighted by Crippen LogP contribution is 2.10. The van der Waals surface area contributed by atoms with Crippen LogP contribution in [0.3, 0.4) is 0 Å². The van der Waals surface area contributed by atoms with Crippen molar-refractivity contribution in [1.82, 2.24) is 15.0 Å². The van der Waals surface area contributed by atoms with Gasteiger partial charge < -0.3 is 4.74 Å². The van der Waals surface area contributed by atoms with Crippen LogP contribution in [0.15, 0.2) is 24.3 Å². The lowest BCUT2D eigenvalue weighted by atomic mass is 10.2. The molecule has 96 valence electrons. The monoisotopic (exact) mass is 247 g/mol. The highest BCUT2D eigenvalue weighted by atomic mass is 16.6. The summed E-state index contributed by atoms with van der Waals surface area (Å²) < 4.78 is 6.37. The molecule has 1 heterocycles. The number of ether oxygens (including phenoxy) is 1. The SMILES string of the molecule is CCCCCCOC(=O)n1nnc2ccccc21. The molecule has 0 aliphatic carbocycles. The van der Waals surface area contributed by atoms with Crippen LogP contribution >= 0.6 is 0 Å². The average molecular weight is 247 g/mol. The van der Waals surface area contributed by atoms with Crippen LogP contribution in [0.1, 0.15) is 32.6 Å². The second-order valence-electron chi connectivity index (χ2n) is 4.16. The van der Waals surface area contributed by atoms with E-state index in [1.165, 1.54) is 17.5 Å². The van der Waals surface area contributed by atoms with E-state index in [0.29, 0.717) is 17.6 Å². The van der Waals surface area contributed by atoms with Gasteiger partial charge in [0.05, 0.1) is 6.61 Å². The first kappa shape index (κ1) is 12.5. The number of para-hydroxylation sites is 1. The Balaban J connectivity index is 1.93. The van der Waals surface area contributed by atoms with Crippen molar-refractivity contribution < 1.29 is 9.53 Å². The van der Waals surface area contributed by atoms with Gasteiger partial charge in [0.15, 0.2) is 0 Å². The summed E-state index contributed by atoms with van der Waals surface area (Å²) in [5.41, 5.74) is 1.37. The lowest BCUT2D eigenvalue weighted by Gasteiger charge is -2.03. The largest absolute Gasteiger partial charge is 0.448 e. The fourth-order valence-corrected chi connectivity index (χ4v) is 1.75. The van der Waals surface area contributed by atoms with Gasteiger partial charge in [0.1, 0.15) is 11.0 Å². The van der Waals surface area contributed by atoms with Gasteiger partial charge in [0.2, 0.25) is 0 Å². The Morgan fingerprint density at radius 1 is 1.28 bits per heavy atom. The van der Waals surface area contributed by atoms with Crippen LogP contribution in [0.5, 0.6) is 0 Å². The van der Waals surface area contributed by atoms with E-state index in [0.717, 1.165) is 12.8 Å². The first-order valence-electron chi connectivity index (χ1n) is 6.30. The number of nitrogens with zero attached hydrogens (tertiary/aromatic N) is 3. The smallest absolute Gasteiger partial charge is 0.436 e. The van der Waals surface area contributed by atoms with Gasteiger partial charge in [-0.25, -0.2) is 4.79 Å². The predicted molar refractivity (Wildman–Crippen MR) is 68.4 cm³/mol. The number of aromatic nitrogens is 3. The summed E-state index contributed by atoms with van der Waals surface area (Å²) in [5, 5.41) is 7.71. The lowest BCUT2D eigenvalue weighted by molar-refractivity contribution is 0.142. The van der Waals surface area contributed by atoms with Crippen LogP contribution in [-0.2, 0) is 4.74 Å².